The maximum Gasteiger partial charge on any atom is 0.160 e. The molecule has 4 heteroatoms. The van der Waals surface area contributed by atoms with Gasteiger partial charge in [-0.05, 0) is 98.4 Å². The number of carbonyl (C=O) groups is 1. The van der Waals surface area contributed by atoms with Crippen LogP contribution in [-0.2, 0) is 9.53 Å². The highest BCUT2D eigenvalue weighted by atomic mass is 16.6. The Morgan fingerprint density at radius 3 is 2.42 bits per heavy atom. The van der Waals surface area contributed by atoms with Crippen LogP contribution in [0.1, 0.15) is 91.9 Å². The topological polar surface area (TPSA) is 66.8 Å². The molecule has 1 aliphatic heterocycles. The molecule has 4 nitrogen and oxygen atoms in total. The number of hydrogen-bond acceptors (Lipinski definition) is 4. The molecule has 0 amide bonds. The summed E-state index contributed by atoms with van der Waals surface area (Å²) in [6.07, 6.45) is 10.8. The van der Waals surface area contributed by atoms with Crippen molar-refractivity contribution in [3.63, 3.8) is 0 Å². The molecule has 0 aromatic rings. The maximum absolute atomic E-state index is 12.2. The van der Waals surface area contributed by atoms with Crippen molar-refractivity contribution in [1.29, 1.82) is 0 Å². The fraction of sp³-hybridized carbons (Fsp3) is 0.889. The van der Waals surface area contributed by atoms with Crippen LogP contribution < -0.4 is 0 Å². The highest BCUT2D eigenvalue weighted by molar-refractivity contribution is 5.91. The molecule has 3 unspecified atom stereocenters. The van der Waals surface area contributed by atoms with Crippen molar-refractivity contribution in [1.82, 2.24) is 0 Å². The SMILES string of the molecule is CC(C)[C@H]1CC[C@H]([C@@]2(O)CCC3C4CCC5=CC(=O)CC[C@]5(C)C4CC[C@@]32C)[C@H](O)O1. The Balaban J connectivity index is 1.40. The number of rotatable bonds is 2. The fourth-order valence-electron chi connectivity index (χ4n) is 9.01. The van der Waals surface area contributed by atoms with E-state index < -0.39 is 11.9 Å². The number of ether oxygens (including phenoxy) is 1. The normalized spacial score (nSPS) is 52.4. The van der Waals surface area contributed by atoms with E-state index in [-0.39, 0.29) is 22.9 Å². The average molecular weight is 431 g/mol. The van der Waals surface area contributed by atoms with Crippen LogP contribution in [0.2, 0.25) is 0 Å². The summed E-state index contributed by atoms with van der Waals surface area (Å²) in [5.74, 6) is 2.26. The third kappa shape index (κ3) is 3.07. The molecular formula is C27H42O4. The first kappa shape index (κ1) is 22.1. The van der Waals surface area contributed by atoms with Crippen LogP contribution in [0.3, 0.4) is 0 Å². The molecule has 31 heavy (non-hydrogen) atoms. The zero-order chi connectivity index (χ0) is 22.2. The van der Waals surface area contributed by atoms with Gasteiger partial charge in [0.05, 0.1) is 11.7 Å². The van der Waals surface area contributed by atoms with Gasteiger partial charge in [-0.2, -0.15) is 0 Å². The van der Waals surface area contributed by atoms with Crippen LogP contribution in [0.25, 0.3) is 0 Å². The minimum absolute atomic E-state index is 0.0908. The van der Waals surface area contributed by atoms with Crippen LogP contribution in [0.4, 0.5) is 0 Å². The summed E-state index contributed by atoms with van der Waals surface area (Å²) in [6, 6.07) is 0. The minimum Gasteiger partial charge on any atom is -0.389 e. The molecule has 9 atom stereocenters. The molecule has 3 saturated carbocycles. The van der Waals surface area contributed by atoms with Crippen LogP contribution in [-0.4, -0.2) is 34.0 Å². The molecule has 174 valence electrons. The van der Waals surface area contributed by atoms with Crippen molar-refractivity contribution >= 4 is 5.78 Å². The van der Waals surface area contributed by atoms with Gasteiger partial charge in [0, 0.05) is 12.3 Å². The Kier molecular flexibility index (Phi) is 5.27. The molecule has 4 fully saturated rings. The summed E-state index contributed by atoms with van der Waals surface area (Å²) in [5.41, 5.74) is 0.564. The molecule has 5 aliphatic rings. The lowest BCUT2D eigenvalue weighted by Crippen LogP contribution is -2.60. The van der Waals surface area contributed by atoms with Gasteiger partial charge in [0.25, 0.3) is 0 Å². The van der Waals surface area contributed by atoms with Gasteiger partial charge in [-0.1, -0.05) is 33.3 Å². The zero-order valence-corrected chi connectivity index (χ0v) is 19.9. The van der Waals surface area contributed by atoms with Crippen LogP contribution >= 0.6 is 0 Å². The standard InChI is InChI=1S/C27H42O4/c1-16(2)23-8-7-22(24(29)31-23)27(30)14-11-21-19-6-5-17-15-18(28)9-12-25(17,3)20(19)10-13-26(21,27)4/h15-16,19-24,29-30H,5-14H2,1-4H3/t19?,20?,21?,22-,23+,24+,25-,26-,27-/m0/s1. The lowest BCUT2D eigenvalue weighted by atomic mass is 9.45. The summed E-state index contributed by atoms with van der Waals surface area (Å²) in [6.45, 7) is 9.02. The molecule has 1 heterocycles. The van der Waals surface area contributed by atoms with Gasteiger partial charge in [-0.15, -0.1) is 0 Å². The van der Waals surface area contributed by atoms with E-state index >= 15 is 0 Å². The second-order valence-electron chi connectivity index (χ2n) is 12.4. The second-order valence-corrected chi connectivity index (χ2v) is 12.4. The smallest absolute Gasteiger partial charge is 0.160 e. The monoisotopic (exact) mass is 430 g/mol. The molecule has 1 saturated heterocycles. The first-order valence-corrected chi connectivity index (χ1v) is 12.9. The van der Waals surface area contributed by atoms with Crippen molar-refractivity contribution < 1.29 is 19.7 Å². The van der Waals surface area contributed by atoms with Gasteiger partial charge >= 0.3 is 0 Å². The quantitative estimate of drug-likeness (QED) is 0.646. The molecular weight excluding hydrogens is 388 g/mol. The van der Waals surface area contributed by atoms with E-state index in [4.69, 9.17) is 4.74 Å². The number of ketones is 1. The lowest BCUT2D eigenvalue weighted by molar-refractivity contribution is -0.265. The fourth-order valence-corrected chi connectivity index (χ4v) is 9.01. The van der Waals surface area contributed by atoms with E-state index in [1.165, 1.54) is 5.57 Å². The average Bonchev–Trinajstić information content (AvgIpc) is 3.00. The van der Waals surface area contributed by atoms with E-state index in [1.54, 1.807) is 0 Å². The van der Waals surface area contributed by atoms with Crippen molar-refractivity contribution in [2.75, 3.05) is 0 Å². The third-order valence-electron chi connectivity index (χ3n) is 11.0. The summed E-state index contributed by atoms with van der Waals surface area (Å²) < 4.78 is 6.02. The molecule has 0 aromatic heterocycles. The Hall–Kier alpha value is -0.710. The van der Waals surface area contributed by atoms with Crippen molar-refractivity contribution in [2.24, 2.45) is 40.4 Å². The zero-order valence-electron chi connectivity index (χ0n) is 19.9. The lowest BCUT2D eigenvalue weighted by Gasteiger charge is -2.60. The number of aliphatic hydroxyl groups excluding tert-OH is 1. The predicted octanol–water partition coefficient (Wildman–Crippen LogP) is 5.02. The van der Waals surface area contributed by atoms with Crippen molar-refractivity contribution in [3.05, 3.63) is 11.6 Å². The third-order valence-corrected chi connectivity index (χ3v) is 11.0. The van der Waals surface area contributed by atoms with Gasteiger partial charge in [0.15, 0.2) is 12.1 Å². The van der Waals surface area contributed by atoms with Crippen molar-refractivity contribution in [2.45, 2.75) is 110 Å². The summed E-state index contributed by atoms with van der Waals surface area (Å²) in [5, 5.41) is 23.1. The number of allylic oxidation sites excluding steroid dienone is 1. The van der Waals surface area contributed by atoms with E-state index in [0.29, 0.717) is 35.9 Å². The highest BCUT2D eigenvalue weighted by Crippen LogP contribution is 2.69. The molecule has 4 aliphatic carbocycles. The highest BCUT2D eigenvalue weighted by Gasteiger charge is 2.67. The molecule has 0 radical (unpaired) electrons. The van der Waals surface area contributed by atoms with Crippen LogP contribution in [0, 0.1) is 40.4 Å². The predicted molar refractivity (Wildman–Crippen MR) is 120 cm³/mol. The first-order valence-electron chi connectivity index (χ1n) is 12.9. The molecule has 0 spiro atoms. The largest absolute Gasteiger partial charge is 0.389 e. The molecule has 0 aromatic carbocycles. The van der Waals surface area contributed by atoms with E-state index in [1.807, 2.05) is 6.08 Å². The number of fused-ring (bicyclic) bond motifs is 5. The van der Waals surface area contributed by atoms with E-state index in [9.17, 15) is 15.0 Å². The van der Waals surface area contributed by atoms with E-state index in [2.05, 4.69) is 27.7 Å². The Labute approximate surface area is 187 Å². The maximum atomic E-state index is 12.2. The Bertz CT molecular complexity index is 773. The number of hydrogen-bond donors (Lipinski definition) is 2. The van der Waals surface area contributed by atoms with E-state index in [0.717, 1.165) is 57.8 Å². The molecule has 5 rings (SSSR count). The van der Waals surface area contributed by atoms with Crippen molar-refractivity contribution in [3.8, 4) is 0 Å². The van der Waals surface area contributed by atoms with Gasteiger partial charge < -0.3 is 14.9 Å². The first-order chi connectivity index (χ1) is 14.6. The number of carbonyl (C=O) groups excluding carboxylic acids is 1. The summed E-state index contributed by atoms with van der Waals surface area (Å²) in [4.78, 5) is 12.1. The van der Waals surface area contributed by atoms with Gasteiger partial charge in [0.1, 0.15) is 0 Å². The number of aliphatic hydroxyl groups is 2. The summed E-state index contributed by atoms with van der Waals surface area (Å²) >= 11 is 0. The molecule has 0 bridgehead atoms. The molecule has 2 N–H and O–H groups in total. The Morgan fingerprint density at radius 2 is 1.71 bits per heavy atom. The van der Waals surface area contributed by atoms with Gasteiger partial charge in [0.2, 0.25) is 0 Å². The second kappa shape index (κ2) is 7.40. The van der Waals surface area contributed by atoms with Gasteiger partial charge in [-0.3, -0.25) is 4.79 Å². The van der Waals surface area contributed by atoms with Crippen LogP contribution in [0.5, 0.6) is 0 Å². The van der Waals surface area contributed by atoms with Crippen LogP contribution in [0.15, 0.2) is 11.6 Å². The minimum atomic E-state index is -0.859. The van der Waals surface area contributed by atoms with Gasteiger partial charge in [-0.25, -0.2) is 0 Å². The Morgan fingerprint density at radius 1 is 0.968 bits per heavy atom. The summed E-state index contributed by atoms with van der Waals surface area (Å²) in [7, 11) is 0.